The van der Waals surface area contributed by atoms with Crippen LogP contribution >= 0.6 is 11.8 Å². The third kappa shape index (κ3) is 2.96. The van der Waals surface area contributed by atoms with Gasteiger partial charge in [0.05, 0.1) is 6.33 Å². The summed E-state index contributed by atoms with van der Waals surface area (Å²) in [6, 6.07) is 10.2. The van der Waals surface area contributed by atoms with Crippen LogP contribution in [0, 0.1) is 0 Å². The number of fused-ring (bicyclic) bond motifs is 1. The maximum Gasteiger partial charge on any atom is 0.332 e. The molecule has 3 aromatic rings. The minimum absolute atomic E-state index is 0.295. The molecular formula is C16H18N4O2S. The number of benzene rings is 1. The second kappa shape index (κ2) is 6.45. The Morgan fingerprint density at radius 1 is 1.09 bits per heavy atom. The fourth-order valence-electron chi connectivity index (χ4n) is 2.51. The van der Waals surface area contributed by atoms with Crippen LogP contribution in [0.3, 0.4) is 0 Å². The lowest BCUT2D eigenvalue weighted by atomic mass is 10.4. The monoisotopic (exact) mass is 330 g/mol. The Balaban J connectivity index is 1.77. The Hall–Kier alpha value is -2.28. The number of aromatic nitrogens is 4. The first kappa shape index (κ1) is 15.6. The van der Waals surface area contributed by atoms with Crippen LogP contribution in [-0.4, -0.2) is 24.4 Å². The van der Waals surface area contributed by atoms with Gasteiger partial charge in [-0.2, -0.15) is 0 Å². The van der Waals surface area contributed by atoms with Crippen molar-refractivity contribution in [1.29, 1.82) is 0 Å². The van der Waals surface area contributed by atoms with Gasteiger partial charge in [0.15, 0.2) is 11.2 Å². The van der Waals surface area contributed by atoms with Gasteiger partial charge in [0.25, 0.3) is 5.56 Å². The topological polar surface area (TPSA) is 61.8 Å². The number of nitrogens with zero attached hydrogens (tertiary/aromatic N) is 4. The predicted molar refractivity (Wildman–Crippen MR) is 92.0 cm³/mol. The molecule has 0 spiro atoms. The van der Waals surface area contributed by atoms with E-state index in [9.17, 15) is 9.59 Å². The van der Waals surface area contributed by atoms with E-state index in [-0.39, 0.29) is 11.2 Å². The summed E-state index contributed by atoms with van der Waals surface area (Å²) >= 11 is 1.79. The van der Waals surface area contributed by atoms with Gasteiger partial charge < -0.3 is 4.57 Å². The van der Waals surface area contributed by atoms with Gasteiger partial charge in [0.2, 0.25) is 0 Å². The summed E-state index contributed by atoms with van der Waals surface area (Å²) in [5.74, 6) is 0.954. The molecule has 0 fully saturated rings. The van der Waals surface area contributed by atoms with Crippen LogP contribution in [0.25, 0.3) is 11.2 Å². The van der Waals surface area contributed by atoms with Crippen molar-refractivity contribution < 1.29 is 0 Å². The number of thioether (sulfide) groups is 1. The molecule has 0 atom stereocenters. The van der Waals surface area contributed by atoms with Crippen LogP contribution < -0.4 is 11.2 Å². The van der Waals surface area contributed by atoms with Crippen LogP contribution in [0.15, 0.2) is 51.1 Å². The van der Waals surface area contributed by atoms with E-state index in [0.29, 0.717) is 17.7 Å². The van der Waals surface area contributed by atoms with Gasteiger partial charge in [-0.05, 0) is 24.3 Å². The Morgan fingerprint density at radius 2 is 1.83 bits per heavy atom. The number of aryl methyl sites for hydroxylation is 2. The lowest BCUT2D eigenvalue weighted by Gasteiger charge is -2.06. The van der Waals surface area contributed by atoms with Crippen molar-refractivity contribution in [3.8, 4) is 0 Å². The molecular weight excluding hydrogens is 312 g/mol. The summed E-state index contributed by atoms with van der Waals surface area (Å²) in [7, 11) is 3.12. The van der Waals surface area contributed by atoms with Gasteiger partial charge in [0, 0.05) is 25.5 Å². The van der Waals surface area contributed by atoms with Crippen LogP contribution in [-0.2, 0) is 20.6 Å². The smallest absolute Gasteiger partial charge is 0.325 e. The molecule has 0 aliphatic carbocycles. The first-order valence-corrected chi connectivity index (χ1v) is 8.37. The minimum atomic E-state index is -0.354. The van der Waals surface area contributed by atoms with E-state index in [0.717, 1.165) is 16.7 Å². The van der Waals surface area contributed by atoms with Gasteiger partial charge in [-0.15, -0.1) is 11.8 Å². The SMILES string of the molecule is Cn1c(=O)c2c(ncn2CCCSc2ccccc2)n(C)c1=O. The van der Waals surface area contributed by atoms with Crippen molar-refractivity contribution in [3.05, 3.63) is 57.5 Å². The van der Waals surface area contributed by atoms with Crippen molar-refractivity contribution in [2.75, 3.05) is 5.75 Å². The van der Waals surface area contributed by atoms with Crippen molar-refractivity contribution in [2.45, 2.75) is 17.9 Å². The fourth-order valence-corrected chi connectivity index (χ4v) is 3.37. The van der Waals surface area contributed by atoms with Crippen LogP contribution in [0.5, 0.6) is 0 Å². The highest BCUT2D eigenvalue weighted by Crippen LogP contribution is 2.18. The third-order valence-electron chi connectivity index (χ3n) is 3.77. The lowest BCUT2D eigenvalue weighted by molar-refractivity contribution is 0.679. The quantitative estimate of drug-likeness (QED) is 0.527. The maximum atomic E-state index is 12.3. The van der Waals surface area contributed by atoms with E-state index < -0.39 is 0 Å². The molecule has 2 heterocycles. The van der Waals surface area contributed by atoms with Crippen LogP contribution in [0.2, 0.25) is 0 Å². The molecule has 0 N–H and O–H groups in total. The van der Waals surface area contributed by atoms with Gasteiger partial charge in [0.1, 0.15) is 0 Å². The van der Waals surface area contributed by atoms with Crippen molar-refractivity contribution >= 4 is 22.9 Å². The van der Waals surface area contributed by atoms with Crippen molar-refractivity contribution in [3.63, 3.8) is 0 Å². The molecule has 0 saturated heterocycles. The standard InChI is InChI=1S/C16H18N4O2S/c1-18-14-13(15(21)19(2)16(18)22)20(11-17-14)9-6-10-23-12-7-4-3-5-8-12/h3-5,7-8,11H,6,9-10H2,1-2H3. The van der Waals surface area contributed by atoms with E-state index in [1.807, 2.05) is 22.8 Å². The maximum absolute atomic E-state index is 12.3. The van der Waals surface area contributed by atoms with Gasteiger partial charge in [-0.25, -0.2) is 9.78 Å². The number of hydrogen-bond acceptors (Lipinski definition) is 4. The number of rotatable bonds is 5. The highest BCUT2D eigenvalue weighted by molar-refractivity contribution is 7.99. The molecule has 23 heavy (non-hydrogen) atoms. The second-order valence-corrected chi connectivity index (χ2v) is 6.50. The highest BCUT2D eigenvalue weighted by Gasteiger charge is 2.13. The molecule has 0 bridgehead atoms. The summed E-state index contributed by atoms with van der Waals surface area (Å²) in [6.45, 7) is 0.698. The first-order chi connectivity index (χ1) is 11.1. The largest absolute Gasteiger partial charge is 0.332 e. The molecule has 6 nitrogen and oxygen atoms in total. The van der Waals surface area contributed by atoms with Crippen LogP contribution in [0.4, 0.5) is 0 Å². The summed E-state index contributed by atoms with van der Waals surface area (Å²) in [5.41, 5.74) is 0.275. The zero-order valence-electron chi connectivity index (χ0n) is 13.1. The second-order valence-electron chi connectivity index (χ2n) is 5.33. The Bertz CT molecular complexity index is 940. The van der Waals surface area contributed by atoms with E-state index in [1.165, 1.54) is 16.5 Å². The summed E-state index contributed by atoms with van der Waals surface area (Å²) in [5, 5.41) is 0. The van der Waals surface area contributed by atoms with E-state index in [2.05, 4.69) is 17.1 Å². The Labute approximate surface area is 137 Å². The molecule has 3 rings (SSSR count). The molecule has 2 aromatic heterocycles. The average molecular weight is 330 g/mol. The van der Waals surface area contributed by atoms with Crippen molar-refractivity contribution in [1.82, 2.24) is 18.7 Å². The highest BCUT2D eigenvalue weighted by atomic mass is 32.2. The zero-order valence-corrected chi connectivity index (χ0v) is 13.9. The molecule has 0 amide bonds. The molecule has 0 aliphatic rings. The number of hydrogen-bond donors (Lipinski definition) is 0. The molecule has 0 saturated carbocycles. The molecule has 0 radical (unpaired) electrons. The molecule has 0 unspecified atom stereocenters. The third-order valence-corrected chi connectivity index (χ3v) is 4.87. The van der Waals surface area contributed by atoms with Gasteiger partial charge in [-0.1, -0.05) is 18.2 Å². The summed E-state index contributed by atoms with van der Waals surface area (Å²) in [6.07, 6.45) is 2.55. The fraction of sp³-hybridized carbons (Fsp3) is 0.312. The van der Waals surface area contributed by atoms with Crippen molar-refractivity contribution in [2.24, 2.45) is 14.1 Å². The van der Waals surface area contributed by atoms with E-state index in [4.69, 9.17) is 0 Å². The molecule has 7 heteroatoms. The Kier molecular flexibility index (Phi) is 4.38. The minimum Gasteiger partial charge on any atom is -0.325 e. The normalized spacial score (nSPS) is 11.2. The van der Waals surface area contributed by atoms with Gasteiger partial charge in [-0.3, -0.25) is 13.9 Å². The summed E-state index contributed by atoms with van der Waals surface area (Å²) < 4.78 is 4.37. The van der Waals surface area contributed by atoms with Gasteiger partial charge >= 0.3 is 5.69 Å². The Morgan fingerprint density at radius 3 is 2.57 bits per heavy atom. The molecule has 120 valence electrons. The van der Waals surface area contributed by atoms with E-state index in [1.54, 1.807) is 25.1 Å². The van der Waals surface area contributed by atoms with E-state index >= 15 is 0 Å². The predicted octanol–water partition coefficient (Wildman–Crippen LogP) is 1.62. The first-order valence-electron chi connectivity index (χ1n) is 7.38. The zero-order chi connectivity index (χ0) is 16.4. The average Bonchev–Trinajstić information content (AvgIpc) is 3.00. The summed E-state index contributed by atoms with van der Waals surface area (Å²) in [4.78, 5) is 29.7. The lowest BCUT2D eigenvalue weighted by Crippen LogP contribution is -2.37. The molecule has 1 aromatic carbocycles. The molecule has 0 aliphatic heterocycles. The number of imidazole rings is 1. The van der Waals surface area contributed by atoms with Crippen LogP contribution in [0.1, 0.15) is 6.42 Å².